The van der Waals surface area contributed by atoms with Gasteiger partial charge in [-0.15, -0.1) is 0 Å². The molecule has 0 aliphatic heterocycles. The van der Waals surface area contributed by atoms with E-state index in [2.05, 4.69) is 0 Å². The minimum Gasteiger partial charge on any atom is -0.481 e. The van der Waals surface area contributed by atoms with Crippen LogP contribution in [0.4, 0.5) is 0 Å². The third kappa shape index (κ3) is 4.03. The summed E-state index contributed by atoms with van der Waals surface area (Å²) in [5.74, 6) is -0.787. The lowest BCUT2D eigenvalue weighted by atomic mass is 9.83. The standard InChI is InChI=1S/C12H14Cl2O2/c1-12(2,7-11(15)16)6-8-3-4-9(13)10(14)5-8/h3-5H,6-7H2,1-2H3,(H,15,16). The molecule has 0 saturated carbocycles. The summed E-state index contributed by atoms with van der Waals surface area (Å²) in [4.78, 5) is 10.7. The SMILES string of the molecule is CC(C)(CC(=O)O)Cc1ccc(Cl)c(Cl)c1. The van der Waals surface area contributed by atoms with Crippen molar-refractivity contribution < 1.29 is 9.90 Å². The average molecular weight is 261 g/mol. The van der Waals surface area contributed by atoms with Crippen molar-refractivity contribution in [1.29, 1.82) is 0 Å². The highest BCUT2D eigenvalue weighted by atomic mass is 35.5. The van der Waals surface area contributed by atoms with Crippen molar-refractivity contribution in [3.05, 3.63) is 33.8 Å². The first-order valence-electron chi connectivity index (χ1n) is 4.96. The number of rotatable bonds is 4. The molecule has 0 atom stereocenters. The van der Waals surface area contributed by atoms with Gasteiger partial charge in [-0.1, -0.05) is 43.1 Å². The predicted molar refractivity (Wildman–Crippen MR) is 66.2 cm³/mol. The van der Waals surface area contributed by atoms with E-state index in [1.807, 2.05) is 19.9 Å². The van der Waals surface area contributed by atoms with Gasteiger partial charge in [0, 0.05) is 0 Å². The molecule has 1 N–H and O–H groups in total. The van der Waals surface area contributed by atoms with Crippen LogP contribution >= 0.6 is 23.2 Å². The van der Waals surface area contributed by atoms with Crippen molar-refractivity contribution >= 4 is 29.2 Å². The molecule has 2 nitrogen and oxygen atoms in total. The van der Waals surface area contributed by atoms with Crippen LogP contribution in [0.1, 0.15) is 25.8 Å². The van der Waals surface area contributed by atoms with Crippen LogP contribution in [0.25, 0.3) is 0 Å². The first kappa shape index (κ1) is 13.3. The molecule has 88 valence electrons. The zero-order chi connectivity index (χ0) is 12.3. The first-order chi connectivity index (χ1) is 7.30. The Morgan fingerprint density at radius 2 is 1.94 bits per heavy atom. The van der Waals surface area contributed by atoms with Gasteiger partial charge in [-0.2, -0.15) is 0 Å². The highest BCUT2D eigenvalue weighted by Gasteiger charge is 2.22. The molecule has 0 bridgehead atoms. The second-order valence-electron chi connectivity index (χ2n) is 4.66. The van der Waals surface area contributed by atoms with Crippen LogP contribution in [-0.4, -0.2) is 11.1 Å². The van der Waals surface area contributed by atoms with E-state index < -0.39 is 5.97 Å². The number of carboxylic acid groups (broad SMARTS) is 1. The molecule has 0 saturated heterocycles. The van der Waals surface area contributed by atoms with Crippen molar-refractivity contribution in [3.8, 4) is 0 Å². The van der Waals surface area contributed by atoms with Gasteiger partial charge < -0.3 is 5.11 Å². The molecule has 0 aliphatic carbocycles. The number of carboxylic acids is 1. The van der Waals surface area contributed by atoms with E-state index >= 15 is 0 Å². The average Bonchev–Trinajstić information content (AvgIpc) is 2.08. The minimum atomic E-state index is -0.787. The summed E-state index contributed by atoms with van der Waals surface area (Å²) >= 11 is 11.7. The molecular weight excluding hydrogens is 247 g/mol. The number of carbonyl (C=O) groups is 1. The van der Waals surface area contributed by atoms with E-state index in [9.17, 15) is 4.79 Å². The lowest BCUT2D eigenvalue weighted by molar-refractivity contribution is -0.139. The molecule has 0 heterocycles. The van der Waals surface area contributed by atoms with Crippen LogP contribution < -0.4 is 0 Å². The van der Waals surface area contributed by atoms with Crippen molar-refractivity contribution in [2.75, 3.05) is 0 Å². The fourth-order valence-corrected chi connectivity index (χ4v) is 1.99. The van der Waals surface area contributed by atoms with Crippen LogP contribution in [-0.2, 0) is 11.2 Å². The van der Waals surface area contributed by atoms with Gasteiger partial charge in [0.2, 0.25) is 0 Å². The Kier molecular flexibility index (Phi) is 4.22. The summed E-state index contributed by atoms with van der Waals surface area (Å²) in [6.45, 7) is 3.84. The van der Waals surface area contributed by atoms with Gasteiger partial charge in [-0.3, -0.25) is 4.79 Å². The molecule has 16 heavy (non-hydrogen) atoms. The Morgan fingerprint density at radius 3 is 2.44 bits per heavy atom. The Labute approximate surface area is 105 Å². The van der Waals surface area contributed by atoms with E-state index in [0.29, 0.717) is 16.5 Å². The van der Waals surface area contributed by atoms with Gasteiger partial charge in [0.25, 0.3) is 0 Å². The molecule has 0 spiro atoms. The Balaban J connectivity index is 2.79. The van der Waals surface area contributed by atoms with Crippen LogP contribution in [0, 0.1) is 5.41 Å². The lowest BCUT2D eigenvalue weighted by Gasteiger charge is -2.22. The van der Waals surface area contributed by atoms with Gasteiger partial charge >= 0.3 is 5.97 Å². The van der Waals surface area contributed by atoms with E-state index in [-0.39, 0.29) is 11.8 Å². The van der Waals surface area contributed by atoms with Crippen molar-refractivity contribution in [3.63, 3.8) is 0 Å². The van der Waals surface area contributed by atoms with Crippen molar-refractivity contribution in [1.82, 2.24) is 0 Å². The molecule has 0 radical (unpaired) electrons. The van der Waals surface area contributed by atoms with Crippen molar-refractivity contribution in [2.24, 2.45) is 5.41 Å². The molecule has 0 unspecified atom stereocenters. The Hall–Kier alpha value is -0.730. The highest BCUT2D eigenvalue weighted by Crippen LogP contribution is 2.29. The third-order valence-corrected chi connectivity index (χ3v) is 3.04. The number of hydrogen-bond donors (Lipinski definition) is 1. The summed E-state index contributed by atoms with van der Waals surface area (Å²) in [6, 6.07) is 5.39. The number of benzene rings is 1. The summed E-state index contributed by atoms with van der Waals surface area (Å²) in [5, 5.41) is 9.80. The molecule has 0 aromatic heterocycles. The maximum atomic E-state index is 10.7. The maximum absolute atomic E-state index is 10.7. The molecule has 1 aromatic rings. The molecule has 0 fully saturated rings. The quantitative estimate of drug-likeness (QED) is 0.888. The van der Waals surface area contributed by atoms with Gasteiger partial charge in [0.05, 0.1) is 16.5 Å². The van der Waals surface area contributed by atoms with E-state index in [0.717, 1.165) is 5.56 Å². The fraction of sp³-hybridized carbons (Fsp3) is 0.417. The zero-order valence-electron chi connectivity index (χ0n) is 9.26. The molecule has 1 rings (SSSR count). The topological polar surface area (TPSA) is 37.3 Å². The third-order valence-electron chi connectivity index (χ3n) is 2.30. The van der Waals surface area contributed by atoms with Gasteiger partial charge in [0.1, 0.15) is 0 Å². The Bertz CT molecular complexity index is 400. The van der Waals surface area contributed by atoms with Crippen LogP contribution in [0.5, 0.6) is 0 Å². The van der Waals surface area contributed by atoms with Crippen LogP contribution in [0.15, 0.2) is 18.2 Å². The maximum Gasteiger partial charge on any atom is 0.303 e. The highest BCUT2D eigenvalue weighted by molar-refractivity contribution is 6.42. The smallest absolute Gasteiger partial charge is 0.303 e. The second-order valence-corrected chi connectivity index (χ2v) is 5.47. The zero-order valence-corrected chi connectivity index (χ0v) is 10.8. The van der Waals surface area contributed by atoms with E-state index in [1.165, 1.54) is 0 Å². The van der Waals surface area contributed by atoms with Crippen LogP contribution in [0.2, 0.25) is 10.0 Å². The van der Waals surface area contributed by atoms with E-state index in [4.69, 9.17) is 28.3 Å². The van der Waals surface area contributed by atoms with E-state index in [1.54, 1.807) is 12.1 Å². The normalized spacial score (nSPS) is 11.5. The number of halogens is 2. The van der Waals surface area contributed by atoms with Gasteiger partial charge in [0.15, 0.2) is 0 Å². The van der Waals surface area contributed by atoms with Gasteiger partial charge in [-0.25, -0.2) is 0 Å². The molecule has 0 aliphatic rings. The summed E-state index contributed by atoms with van der Waals surface area (Å²) in [6.07, 6.45) is 0.795. The fourth-order valence-electron chi connectivity index (χ4n) is 1.67. The molecule has 4 heteroatoms. The minimum absolute atomic E-state index is 0.132. The summed E-state index contributed by atoms with van der Waals surface area (Å²) in [7, 11) is 0. The summed E-state index contributed by atoms with van der Waals surface area (Å²) < 4.78 is 0. The first-order valence-corrected chi connectivity index (χ1v) is 5.71. The van der Waals surface area contributed by atoms with Gasteiger partial charge in [-0.05, 0) is 29.5 Å². The molecular formula is C12H14Cl2O2. The predicted octanol–water partition coefficient (Wildman–Crippen LogP) is 4.04. The summed E-state index contributed by atoms with van der Waals surface area (Å²) in [5.41, 5.74) is 0.712. The second kappa shape index (κ2) is 5.07. The van der Waals surface area contributed by atoms with Crippen molar-refractivity contribution in [2.45, 2.75) is 26.7 Å². The number of aliphatic carboxylic acids is 1. The lowest BCUT2D eigenvalue weighted by Crippen LogP contribution is -2.19. The monoisotopic (exact) mass is 260 g/mol. The molecule has 0 amide bonds. The van der Waals surface area contributed by atoms with Crippen LogP contribution in [0.3, 0.4) is 0 Å². The number of hydrogen-bond acceptors (Lipinski definition) is 1. The largest absolute Gasteiger partial charge is 0.481 e. The molecule has 1 aromatic carbocycles. The Morgan fingerprint density at radius 1 is 1.31 bits per heavy atom.